The molecule has 0 aromatic rings. The average molecular weight is 225 g/mol. The average Bonchev–Trinajstić information content (AvgIpc) is 2.27. The van der Waals surface area contributed by atoms with Crippen molar-refractivity contribution >= 4 is 23.5 Å². The number of thioether (sulfide) groups is 2. The van der Waals surface area contributed by atoms with Crippen molar-refractivity contribution in [2.24, 2.45) is 0 Å². The van der Waals surface area contributed by atoms with E-state index >= 15 is 0 Å². The van der Waals surface area contributed by atoms with Crippen LogP contribution < -0.4 is 0 Å². The van der Waals surface area contributed by atoms with Crippen LogP contribution in [0.3, 0.4) is 0 Å². The Morgan fingerprint density at radius 1 is 1.29 bits per heavy atom. The first-order chi connectivity index (χ1) is 6.83. The van der Waals surface area contributed by atoms with E-state index in [2.05, 4.69) is 4.90 Å². The van der Waals surface area contributed by atoms with Gasteiger partial charge in [0.05, 0.1) is 5.03 Å². The number of nitriles is 2. The van der Waals surface area contributed by atoms with Gasteiger partial charge < -0.3 is 4.90 Å². The zero-order chi connectivity index (χ0) is 10.4. The minimum Gasteiger partial charge on any atom is -0.363 e. The minimum atomic E-state index is 0.240. The minimum absolute atomic E-state index is 0.240. The van der Waals surface area contributed by atoms with Crippen LogP contribution in [0.4, 0.5) is 0 Å². The molecule has 1 heterocycles. The lowest BCUT2D eigenvalue weighted by molar-refractivity contribution is 0.405. The van der Waals surface area contributed by atoms with Gasteiger partial charge in [0.15, 0.2) is 5.57 Å². The van der Waals surface area contributed by atoms with Crippen molar-refractivity contribution in [3.63, 3.8) is 0 Å². The largest absolute Gasteiger partial charge is 0.363 e. The third kappa shape index (κ3) is 2.60. The van der Waals surface area contributed by atoms with Gasteiger partial charge in [-0.05, 0) is 6.26 Å². The highest BCUT2D eigenvalue weighted by atomic mass is 32.2. The summed E-state index contributed by atoms with van der Waals surface area (Å²) in [5, 5.41) is 18.4. The third-order valence-corrected chi connectivity index (χ3v) is 3.72. The Morgan fingerprint density at radius 2 is 1.86 bits per heavy atom. The molecule has 1 aliphatic heterocycles. The number of rotatable bonds is 2. The second-order valence-corrected chi connectivity index (χ2v) is 4.73. The third-order valence-electron chi connectivity index (χ3n) is 1.93. The van der Waals surface area contributed by atoms with Crippen LogP contribution in [0.15, 0.2) is 10.6 Å². The van der Waals surface area contributed by atoms with E-state index in [1.54, 1.807) is 0 Å². The quantitative estimate of drug-likeness (QED) is 0.669. The fourth-order valence-electron chi connectivity index (χ4n) is 1.28. The van der Waals surface area contributed by atoms with Crippen molar-refractivity contribution in [2.45, 2.75) is 0 Å². The van der Waals surface area contributed by atoms with Crippen LogP contribution in [0.1, 0.15) is 0 Å². The summed E-state index contributed by atoms with van der Waals surface area (Å²) in [6, 6.07) is 3.90. The number of hydrogen-bond acceptors (Lipinski definition) is 5. The summed E-state index contributed by atoms with van der Waals surface area (Å²) in [5.41, 5.74) is 0.240. The van der Waals surface area contributed by atoms with Gasteiger partial charge in [-0.25, -0.2) is 0 Å². The first-order valence-electron chi connectivity index (χ1n) is 4.24. The molecule has 0 atom stereocenters. The maximum atomic E-state index is 8.78. The van der Waals surface area contributed by atoms with Gasteiger partial charge in [-0.2, -0.15) is 22.3 Å². The Hall–Kier alpha value is -0.780. The van der Waals surface area contributed by atoms with E-state index in [0.717, 1.165) is 29.6 Å². The summed E-state index contributed by atoms with van der Waals surface area (Å²) in [5.74, 6) is 2.16. The normalized spacial score (nSPS) is 15.5. The van der Waals surface area contributed by atoms with Gasteiger partial charge in [0.25, 0.3) is 0 Å². The molecule has 1 rings (SSSR count). The monoisotopic (exact) mass is 225 g/mol. The van der Waals surface area contributed by atoms with Gasteiger partial charge in [0.2, 0.25) is 0 Å². The predicted molar refractivity (Wildman–Crippen MR) is 60.7 cm³/mol. The molecule has 0 N–H and O–H groups in total. The van der Waals surface area contributed by atoms with E-state index in [-0.39, 0.29) is 5.57 Å². The first-order valence-corrected chi connectivity index (χ1v) is 6.62. The molecule has 0 saturated carbocycles. The zero-order valence-electron chi connectivity index (χ0n) is 7.99. The summed E-state index contributed by atoms with van der Waals surface area (Å²) in [7, 11) is 0. The fourth-order valence-corrected chi connectivity index (χ4v) is 2.92. The van der Waals surface area contributed by atoms with Crippen molar-refractivity contribution in [2.75, 3.05) is 30.9 Å². The van der Waals surface area contributed by atoms with Gasteiger partial charge in [-0.15, -0.1) is 11.8 Å². The Balaban J connectivity index is 2.85. The highest BCUT2D eigenvalue weighted by Crippen LogP contribution is 2.24. The SMILES string of the molecule is CSC(=C(C#N)C#N)N1CCSCC1. The van der Waals surface area contributed by atoms with E-state index < -0.39 is 0 Å². The summed E-state index contributed by atoms with van der Waals surface area (Å²) >= 11 is 3.40. The molecule has 0 aromatic heterocycles. The topological polar surface area (TPSA) is 50.8 Å². The van der Waals surface area contributed by atoms with Crippen LogP contribution in [0, 0.1) is 22.7 Å². The van der Waals surface area contributed by atoms with E-state index in [0.29, 0.717) is 0 Å². The molecule has 0 unspecified atom stereocenters. The van der Waals surface area contributed by atoms with Gasteiger partial charge in [0.1, 0.15) is 12.1 Å². The number of nitrogens with zero attached hydrogens (tertiary/aromatic N) is 3. The highest BCUT2D eigenvalue weighted by Gasteiger charge is 2.16. The van der Waals surface area contributed by atoms with E-state index in [1.807, 2.05) is 30.2 Å². The molecule has 3 nitrogen and oxygen atoms in total. The zero-order valence-corrected chi connectivity index (χ0v) is 9.62. The van der Waals surface area contributed by atoms with Crippen molar-refractivity contribution < 1.29 is 0 Å². The van der Waals surface area contributed by atoms with Crippen molar-refractivity contribution in [3.8, 4) is 12.1 Å². The molecule has 0 bridgehead atoms. The Kier molecular flexibility index (Phi) is 4.72. The molecule has 0 spiro atoms. The predicted octanol–water partition coefficient (Wildman–Crippen LogP) is 1.66. The van der Waals surface area contributed by atoms with E-state index in [9.17, 15) is 0 Å². The van der Waals surface area contributed by atoms with Crippen molar-refractivity contribution in [3.05, 3.63) is 10.6 Å². The number of allylic oxidation sites excluding steroid dienone is 1. The number of hydrogen-bond donors (Lipinski definition) is 0. The van der Waals surface area contributed by atoms with Gasteiger partial charge in [-0.1, -0.05) is 0 Å². The maximum absolute atomic E-state index is 8.78. The van der Waals surface area contributed by atoms with Crippen LogP contribution in [0.25, 0.3) is 0 Å². The molecule has 0 aromatic carbocycles. The van der Waals surface area contributed by atoms with Crippen LogP contribution >= 0.6 is 23.5 Å². The molecule has 1 fully saturated rings. The van der Waals surface area contributed by atoms with Crippen LogP contribution in [-0.4, -0.2) is 35.8 Å². The molecular formula is C9H11N3S2. The lowest BCUT2D eigenvalue weighted by Gasteiger charge is -2.29. The van der Waals surface area contributed by atoms with E-state index in [4.69, 9.17) is 10.5 Å². The summed E-state index contributed by atoms with van der Waals surface area (Å²) in [6.07, 6.45) is 1.91. The van der Waals surface area contributed by atoms with Crippen LogP contribution in [0.5, 0.6) is 0 Å². The van der Waals surface area contributed by atoms with Crippen molar-refractivity contribution in [1.82, 2.24) is 4.90 Å². The summed E-state index contributed by atoms with van der Waals surface area (Å²) in [4.78, 5) is 2.13. The molecule has 1 saturated heterocycles. The molecule has 0 radical (unpaired) electrons. The van der Waals surface area contributed by atoms with Gasteiger partial charge in [-0.3, -0.25) is 0 Å². The molecule has 0 aliphatic carbocycles. The molecular weight excluding hydrogens is 214 g/mol. The molecule has 74 valence electrons. The van der Waals surface area contributed by atoms with E-state index in [1.165, 1.54) is 11.8 Å². The molecule has 1 aliphatic rings. The first kappa shape index (κ1) is 11.3. The smallest absolute Gasteiger partial charge is 0.159 e. The van der Waals surface area contributed by atoms with Crippen LogP contribution in [-0.2, 0) is 0 Å². The van der Waals surface area contributed by atoms with Crippen LogP contribution in [0.2, 0.25) is 0 Å². The lowest BCUT2D eigenvalue weighted by Crippen LogP contribution is -2.31. The van der Waals surface area contributed by atoms with Gasteiger partial charge in [0, 0.05) is 24.6 Å². The summed E-state index contributed by atoms with van der Waals surface area (Å²) in [6.45, 7) is 1.88. The fraction of sp³-hybridized carbons (Fsp3) is 0.556. The molecule has 5 heteroatoms. The standard InChI is InChI=1S/C9H11N3S2/c1-13-9(8(6-10)7-11)12-2-4-14-5-3-12/h2-5H2,1H3. The van der Waals surface area contributed by atoms with Crippen molar-refractivity contribution in [1.29, 1.82) is 10.5 Å². The second kappa shape index (κ2) is 5.85. The van der Waals surface area contributed by atoms with Gasteiger partial charge >= 0.3 is 0 Å². The Bertz CT molecular complexity index is 289. The Morgan fingerprint density at radius 3 is 2.29 bits per heavy atom. The lowest BCUT2D eigenvalue weighted by atomic mass is 10.3. The second-order valence-electron chi connectivity index (χ2n) is 2.71. The summed E-state index contributed by atoms with van der Waals surface area (Å²) < 4.78 is 0. The Labute approximate surface area is 92.8 Å². The highest BCUT2D eigenvalue weighted by molar-refractivity contribution is 8.02. The molecule has 14 heavy (non-hydrogen) atoms. The maximum Gasteiger partial charge on any atom is 0.159 e. The molecule has 0 amide bonds.